The van der Waals surface area contributed by atoms with Gasteiger partial charge < -0.3 is 5.11 Å². The van der Waals surface area contributed by atoms with Gasteiger partial charge in [-0.2, -0.15) is 5.26 Å². The molecular weight excluding hydrogens is 302 g/mol. The lowest BCUT2D eigenvalue weighted by Gasteiger charge is -2.35. The van der Waals surface area contributed by atoms with Gasteiger partial charge in [-0.1, -0.05) is 49.5 Å². The van der Waals surface area contributed by atoms with Gasteiger partial charge in [-0.15, -0.1) is 0 Å². The lowest BCUT2D eigenvalue weighted by molar-refractivity contribution is 0.137. The SMILES string of the molecule is CC(C)(C)C1CCCCC(O)CC(C#N)CCC1Br. The Bertz CT molecular complexity index is 305. The number of aliphatic hydroxyl groups excluding tert-OH is 1. The molecule has 0 radical (unpaired) electrons. The zero-order chi connectivity index (χ0) is 14.5. The van der Waals surface area contributed by atoms with Crippen molar-refractivity contribution in [2.75, 3.05) is 0 Å². The molecule has 0 heterocycles. The monoisotopic (exact) mass is 329 g/mol. The minimum atomic E-state index is -0.287. The average molecular weight is 330 g/mol. The smallest absolute Gasteiger partial charge is 0.0656 e. The Morgan fingerprint density at radius 3 is 2.32 bits per heavy atom. The molecule has 4 atom stereocenters. The molecule has 1 N–H and O–H groups in total. The number of nitriles is 1. The second-order valence-corrected chi connectivity index (χ2v) is 8.24. The second-order valence-electron chi connectivity index (χ2n) is 7.07. The molecule has 2 nitrogen and oxygen atoms in total. The third kappa shape index (κ3) is 5.83. The van der Waals surface area contributed by atoms with Crippen LogP contribution in [0.2, 0.25) is 0 Å². The molecule has 1 saturated carbocycles. The highest BCUT2D eigenvalue weighted by Gasteiger charge is 2.31. The molecule has 0 amide bonds. The molecule has 1 fully saturated rings. The lowest BCUT2D eigenvalue weighted by atomic mass is 9.75. The van der Waals surface area contributed by atoms with Crippen molar-refractivity contribution in [2.45, 2.75) is 76.6 Å². The maximum Gasteiger partial charge on any atom is 0.0656 e. The third-order valence-electron chi connectivity index (χ3n) is 4.38. The van der Waals surface area contributed by atoms with Crippen molar-refractivity contribution in [3.8, 4) is 6.07 Å². The van der Waals surface area contributed by atoms with Crippen LogP contribution in [0.15, 0.2) is 0 Å². The Kier molecular flexibility index (Phi) is 6.83. The summed E-state index contributed by atoms with van der Waals surface area (Å²) in [6, 6.07) is 2.36. The van der Waals surface area contributed by atoms with Gasteiger partial charge in [-0.3, -0.25) is 0 Å². The maximum absolute atomic E-state index is 9.95. The summed E-state index contributed by atoms with van der Waals surface area (Å²) >= 11 is 3.86. The molecule has 0 aromatic rings. The van der Waals surface area contributed by atoms with Crippen LogP contribution >= 0.6 is 15.9 Å². The van der Waals surface area contributed by atoms with Crippen LogP contribution < -0.4 is 0 Å². The standard InChI is InChI=1S/C16H28BrNO/c1-16(2,3)14-7-5-4-6-13(19)10-12(11-18)8-9-15(14)17/h12-15,19H,4-10H2,1-3H3. The largest absolute Gasteiger partial charge is 0.393 e. The van der Waals surface area contributed by atoms with Crippen LogP contribution in [0.25, 0.3) is 0 Å². The molecule has 0 bridgehead atoms. The summed E-state index contributed by atoms with van der Waals surface area (Å²) in [4.78, 5) is 0.485. The number of rotatable bonds is 0. The number of alkyl halides is 1. The molecule has 0 aromatic heterocycles. The lowest BCUT2D eigenvalue weighted by Crippen LogP contribution is -2.29. The van der Waals surface area contributed by atoms with Crippen LogP contribution in [0, 0.1) is 28.6 Å². The van der Waals surface area contributed by atoms with E-state index < -0.39 is 0 Å². The first-order chi connectivity index (χ1) is 8.84. The van der Waals surface area contributed by atoms with Gasteiger partial charge >= 0.3 is 0 Å². The summed E-state index contributed by atoms with van der Waals surface area (Å²) in [6.45, 7) is 6.92. The topological polar surface area (TPSA) is 44.0 Å². The van der Waals surface area contributed by atoms with Crippen molar-refractivity contribution >= 4 is 15.9 Å². The predicted octanol–water partition coefficient (Wildman–Crippen LogP) is 4.66. The summed E-state index contributed by atoms with van der Waals surface area (Å²) < 4.78 is 0. The fourth-order valence-electron chi connectivity index (χ4n) is 3.14. The normalized spacial score (nSPS) is 35.2. The first kappa shape index (κ1) is 17.0. The van der Waals surface area contributed by atoms with Crippen LogP contribution in [0.5, 0.6) is 0 Å². The molecule has 1 rings (SSSR count). The van der Waals surface area contributed by atoms with Crippen molar-refractivity contribution in [2.24, 2.45) is 17.3 Å². The van der Waals surface area contributed by atoms with Gasteiger partial charge in [0.2, 0.25) is 0 Å². The van der Waals surface area contributed by atoms with Gasteiger partial charge in [0, 0.05) is 10.7 Å². The fraction of sp³-hybridized carbons (Fsp3) is 0.938. The highest BCUT2D eigenvalue weighted by molar-refractivity contribution is 9.09. The molecule has 19 heavy (non-hydrogen) atoms. The Balaban J connectivity index is 2.73. The van der Waals surface area contributed by atoms with Crippen molar-refractivity contribution < 1.29 is 5.11 Å². The van der Waals surface area contributed by atoms with Crippen LogP contribution in [0.4, 0.5) is 0 Å². The van der Waals surface area contributed by atoms with Crippen LogP contribution in [0.3, 0.4) is 0 Å². The van der Waals surface area contributed by atoms with E-state index >= 15 is 0 Å². The van der Waals surface area contributed by atoms with Gasteiger partial charge in [0.15, 0.2) is 0 Å². The van der Waals surface area contributed by atoms with E-state index in [4.69, 9.17) is 0 Å². The first-order valence-corrected chi connectivity index (χ1v) is 8.48. The number of hydrogen-bond donors (Lipinski definition) is 1. The van der Waals surface area contributed by atoms with Gasteiger partial charge in [-0.25, -0.2) is 0 Å². The van der Waals surface area contributed by atoms with Gasteiger partial charge in [0.1, 0.15) is 0 Å². The summed E-state index contributed by atoms with van der Waals surface area (Å²) in [7, 11) is 0. The third-order valence-corrected chi connectivity index (χ3v) is 5.48. The number of nitrogens with zero attached hydrogens (tertiary/aromatic N) is 1. The molecule has 0 spiro atoms. The summed E-state index contributed by atoms with van der Waals surface area (Å²) in [6.07, 6.45) is 6.61. The molecular formula is C16H28BrNO. The number of aliphatic hydroxyl groups is 1. The number of hydrogen-bond acceptors (Lipinski definition) is 2. The minimum absolute atomic E-state index is 0.00812. The van der Waals surface area contributed by atoms with Crippen molar-refractivity contribution in [1.29, 1.82) is 5.26 Å². The zero-order valence-electron chi connectivity index (χ0n) is 12.5. The highest BCUT2D eigenvalue weighted by atomic mass is 79.9. The summed E-state index contributed by atoms with van der Waals surface area (Å²) in [5.41, 5.74) is 0.295. The maximum atomic E-state index is 9.95. The molecule has 0 aromatic carbocycles. The fourth-order valence-corrected chi connectivity index (χ4v) is 4.47. The molecule has 110 valence electrons. The molecule has 3 heteroatoms. The van der Waals surface area contributed by atoms with E-state index in [0.717, 1.165) is 25.7 Å². The van der Waals surface area contributed by atoms with E-state index in [1.807, 2.05) is 0 Å². The van der Waals surface area contributed by atoms with Crippen LogP contribution in [0.1, 0.15) is 65.7 Å². The van der Waals surface area contributed by atoms with Crippen molar-refractivity contribution in [3.05, 3.63) is 0 Å². The molecule has 4 unspecified atom stereocenters. The highest BCUT2D eigenvalue weighted by Crippen LogP contribution is 2.39. The van der Waals surface area contributed by atoms with E-state index in [9.17, 15) is 10.4 Å². The van der Waals surface area contributed by atoms with Gasteiger partial charge in [-0.05, 0) is 43.4 Å². The number of halogens is 1. The van der Waals surface area contributed by atoms with Crippen molar-refractivity contribution in [3.63, 3.8) is 0 Å². The molecule has 0 aliphatic heterocycles. The van der Waals surface area contributed by atoms with E-state index in [0.29, 0.717) is 22.6 Å². The van der Waals surface area contributed by atoms with Crippen LogP contribution in [-0.2, 0) is 0 Å². The van der Waals surface area contributed by atoms with Gasteiger partial charge in [0.25, 0.3) is 0 Å². The predicted molar refractivity (Wildman–Crippen MR) is 83.1 cm³/mol. The molecule has 1 aliphatic rings. The van der Waals surface area contributed by atoms with Gasteiger partial charge in [0.05, 0.1) is 12.2 Å². The van der Waals surface area contributed by atoms with E-state index in [-0.39, 0.29) is 12.0 Å². The zero-order valence-corrected chi connectivity index (χ0v) is 14.1. The Morgan fingerprint density at radius 2 is 1.74 bits per heavy atom. The Labute approximate surface area is 126 Å². The summed E-state index contributed by atoms with van der Waals surface area (Å²) in [5, 5.41) is 19.1. The molecule has 0 saturated heterocycles. The Morgan fingerprint density at radius 1 is 1.11 bits per heavy atom. The van der Waals surface area contributed by atoms with E-state index in [1.165, 1.54) is 12.8 Å². The van der Waals surface area contributed by atoms with Crippen molar-refractivity contribution in [1.82, 2.24) is 0 Å². The summed E-state index contributed by atoms with van der Waals surface area (Å²) in [5.74, 6) is 0.649. The Hall–Kier alpha value is -0.0700. The average Bonchev–Trinajstić information content (AvgIpc) is 2.34. The first-order valence-electron chi connectivity index (χ1n) is 7.56. The van der Waals surface area contributed by atoms with E-state index in [2.05, 4.69) is 42.8 Å². The van der Waals surface area contributed by atoms with E-state index in [1.54, 1.807) is 0 Å². The quantitative estimate of drug-likeness (QED) is 0.657. The second kappa shape index (κ2) is 7.64. The van der Waals surface area contributed by atoms with Crippen LogP contribution in [-0.4, -0.2) is 16.0 Å². The minimum Gasteiger partial charge on any atom is -0.393 e. The molecule has 1 aliphatic carbocycles.